The second-order valence-electron chi connectivity index (χ2n) is 3.93. The summed E-state index contributed by atoms with van der Waals surface area (Å²) in [4.78, 5) is 4.45. The fourth-order valence-electron chi connectivity index (χ4n) is 1.89. The maximum absolute atomic E-state index is 5.96. The van der Waals surface area contributed by atoms with Crippen LogP contribution >= 0.6 is 15.9 Å². The third-order valence-corrected chi connectivity index (χ3v) is 3.44. The Morgan fingerprint density at radius 2 is 2.18 bits per heavy atom. The van der Waals surface area contributed by atoms with Crippen LogP contribution in [0.25, 0.3) is 10.9 Å². The van der Waals surface area contributed by atoms with Gasteiger partial charge in [-0.1, -0.05) is 29.3 Å². The van der Waals surface area contributed by atoms with E-state index in [1.165, 1.54) is 0 Å². The van der Waals surface area contributed by atoms with Crippen molar-refractivity contribution < 1.29 is 4.74 Å². The average molecular weight is 295 g/mol. The van der Waals surface area contributed by atoms with Crippen LogP contribution in [0.3, 0.4) is 0 Å². The molecule has 0 spiro atoms. The molecule has 3 nitrogen and oxygen atoms in total. The van der Waals surface area contributed by atoms with Gasteiger partial charge in [0.2, 0.25) is 0 Å². The molecule has 17 heavy (non-hydrogen) atoms. The van der Waals surface area contributed by atoms with Crippen LogP contribution in [0.1, 0.15) is 18.9 Å². The quantitative estimate of drug-likeness (QED) is 0.942. The van der Waals surface area contributed by atoms with E-state index in [2.05, 4.69) is 33.9 Å². The fourth-order valence-corrected chi connectivity index (χ4v) is 2.33. The number of halogens is 1. The highest BCUT2D eigenvalue weighted by atomic mass is 79.9. The lowest BCUT2D eigenvalue weighted by atomic mass is 10.1. The summed E-state index contributed by atoms with van der Waals surface area (Å²) in [6.45, 7) is 2.13. The van der Waals surface area contributed by atoms with E-state index in [1.807, 2.05) is 12.1 Å². The monoisotopic (exact) mass is 294 g/mol. The Morgan fingerprint density at radius 1 is 1.41 bits per heavy atom. The molecule has 0 aliphatic rings. The summed E-state index contributed by atoms with van der Waals surface area (Å²) in [5.41, 5.74) is 7.86. The fraction of sp³-hybridized carbons (Fsp3) is 0.308. The highest BCUT2D eigenvalue weighted by molar-refractivity contribution is 9.10. The molecule has 0 amide bonds. The van der Waals surface area contributed by atoms with Gasteiger partial charge < -0.3 is 10.5 Å². The first kappa shape index (κ1) is 12.2. The number of nitrogens with zero attached hydrogens (tertiary/aromatic N) is 1. The maximum atomic E-state index is 5.96. The van der Waals surface area contributed by atoms with Crippen molar-refractivity contribution in [2.45, 2.75) is 19.8 Å². The van der Waals surface area contributed by atoms with Gasteiger partial charge in [-0.15, -0.1) is 0 Å². The average Bonchev–Trinajstić information content (AvgIpc) is 2.32. The minimum atomic E-state index is 0.593. The SMILES string of the molecule is CCCc1cc2c(Br)ccc(OC)c2nc1N. The Labute approximate surface area is 109 Å². The third kappa shape index (κ3) is 2.22. The number of fused-ring (bicyclic) bond motifs is 1. The molecule has 1 heterocycles. The normalized spacial score (nSPS) is 10.8. The standard InChI is InChI=1S/C13H15BrN2O/c1-3-4-8-7-9-10(14)5-6-11(17-2)12(9)16-13(8)15/h5-7H,3-4H2,1-2H3,(H2,15,16). The summed E-state index contributed by atoms with van der Waals surface area (Å²) < 4.78 is 6.31. The van der Waals surface area contributed by atoms with Crippen LogP contribution in [0, 0.1) is 0 Å². The van der Waals surface area contributed by atoms with Crippen LogP contribution in [0.15, 0.2) is 22.7 Å². The van der Waals surface area contributed by atoms with E-state index in [0.717, 1.165) is 39.5 Å². The van der Waals surface area contributed by atoms with Crippen molar-refractivity contribution in [1.29, 1.82) is 0 Å². The lowest BCUT2D eigenvalue weighted by molar-refractivity contribution is 0.419. The number of hydrogen-bond donors (Lipinski definition) is 1. The van der Waals surface area contributed by atoms with Crippen LogP contribution in [-0.2, 0) is 6.42 Å². The first-order valence-electron chi connectivity index (χ1n) is 5.59. The molecule has 4 heteroatoms. The van der Waals surface area contributed by atoms with Crippen molar-refractivity contribution in [2.75, 3.05) is 12.8 Å². The Morgan fingerprint density at radius 3 is 2.82 bits per heavy atom. The molecule has 2 aromatic rings. The third-order valence-electron chi connectivity index (χ3n) is 2.75. The molecular formula is C13H15BrN2O. The molecule has 0 saturated heterocycles. The zero-order chi connectivity index (χ0) is 12.4. The van der Waals surface area contributed by atoms with E-state index >= 15 is 0 Å². The molecular weight excluding hydrogens is 280 g/mol. The summed E-state index contributed by atoms with van der Waals surface area (Å²) in [6, 6.07) is 5.95. The largest absolute Gasteiger partial charge is 0.494 e. The van der Waals surface area contributed by atoms with Crippen molar-refractivity contribution in [1.82, 2.24) is 4.98 Å². The number of methoxy groups -OCH3 is 1. The van der Waals surface area contributed by atoms with Crippen LogP contribution in [0.4, 0.5) is 5.82 Å². The first-order valence-corrected chi connectivity index (χ1v) is 6.38. The van der Waals surface area contributed by atoms with Crippen LogP contribution < -0.4 is 10.5 Å². The van der Waals surface area contributed by atoms with Crippen molar-refractivity contribution >= 4 is 32.7 Å². The predicted molar refractivity (Wildman–Crippen MR) is 74.4 cm³/mol. The summed E-state index contributed by atoms with van der Waals surface area (Å²) in [5, 5.41) is 1.04. The minimum absolute atomic E-state index is 0.593. The second-order valence-corrected chi connectivity index (χ2v) is 4.78. The van der Waals surface area contributed by atoms with Crippen LogP contribution in [-0.4, -0.2) is 12.1 Å². The Bertz CT molecular complexity index is 555. The Hall–Kier alpha value is -1.29. The summed E-state index contributed by atoms with van der Waals surface area (Å²) in [5.74, 6) is 1.34. The lowest BCUT2D eigenvalue weighted by Gasteiger charge is -2.10. The molecule has 2 N–H and O–H groups in total. The molecule has 0 unspecified atom stereocenters. The van der Waals surface area contributed by atoms with Gasteiger partial charge in [0.15, 0.2) is 0 Å². The molecule has 0 bridgehead atoms. The van der Waals surface area contributed by atoms with E-state index in [-0.39, 0.29) is 0 Å². The van der Waals surface area contributed by atoms with Gasteiger partial charge in [-0.25, -0.2) is 4.98 Å². The molecule has 0 aliphatic carbocycles. The van der Waals surface area contributed by atoms with Gasteiger partial charge in [0, 0.05) is 9.86 Å². The number of aryl methyl sites for hydroxylation is 1. The summed E-state index contributed by atoms with van der Waals surface area (Å²) in [7, 11) is 1.64. The number of anilines is 1. The topological polar surface area (TPSA) is 48.1 Å². The number of nitrogen functional groups attached to an aromatic ring is 1. The molecule has 1 aromatic heterocycles. The number of nitrogens with two attached hydrogens (primary N) is 1. The van der Waals surface area contributed by atoms with E-state index in [1.54, 1.807) is 7.11 Å². The molecule has 0 aliphatic heterocycles. The zero-order valence-corrected chi connectivity index (χ0v) is 11.5. The number of pyridine rings is 1. The second kappa shape index (κ2) is 4.92. The van der Waals surface area contributed by atoms with Gasteiger partial charge >= 0.3 is 0 Å². The highest BCUT2D eigenvalue weighted by Gasteiger charge is 2.10. The number of rotatable bonds is 3. The Kier molecular flexibility index (Phi) is 3.52. The Balaban J connectivity index is 2.72. The van der Waals surface area contributed by atoms with Gasteiger partial charge in [-0.3, -0.25) is 0 Å². The molecule has 0 fully saturated rings. The number of aromatic nitrogens is 1. The summed E-state index contributed by atoms with van der Waals surface area (Å²) in [6.07, 6.45) is 2.00. The van der Waals surface area contributed by atoms with Crippen LogP contribution in [0.5, 0.6) is 5.75 Å². The van der Waals surface area contributed by atoms with Crippen molar-refractivity contribution in [3.05, 3.63) is 28.2 Å². The van der Waals surface area contributed by atoms with E-state index in [0.29, 0.717) is 5.82 Å². The van der Waals surface area contributed by atoms with E-state index in [9.17, 15) is 0 Å². The van der Waals surface area contributed by atoms with Gasteiger partial charge in [-0.2, -0.15) is 0 Å². The minimum Gasteiger partial charge on any atom is -0.494 e. The molecule has 2 rings (SSSR count). The number of benzene rings is 1. The lowest BCUT2D eigenvalue weighted by Crippen LogP contribution is -1.99. The molecule has 90 valence electrons. The van der Waals surface area contributed by atoms with Crippen molar-refractivity contribution in [2.24, 2.45) is 0 Å². The van der Waals surface area contributed by atoms with Gasteiger partial charge in [0.25, 0.3) is 0 Å². The van der Waals surface area contributed by atoms with Crippen LogP contribution in [0.2, 0.25) is 0 Å². The zero-order valence-electron chi connectivity index (χ0n) is 9.96. The van der Waals surface area contributed by atoms with Crippen molar-refractivity contribution in [3.63, 3.8) is 0 Å². The van der Waals surface area contributed by atoms with Crippen molar-refractivity contribution in [3.8, 4) is 5.75 Å². The first-order chi connectivity index (χ1) is 8.17. The molecule has 0 saturated carbocycles. The molecule has 0 radical (unpaired) electrons. The number of ether oxygens (including phenoxy) is 1. The maximum Gasteiger partial charge on any atom is 0.145 e. The van der Waals surface area contributed by atoms with E-state index in [4.69, 9.17) is 10.5 Å². The van der Waals surface area contributed by atoms with Gasteiger partial charge in [0.05, 0.1) is 7.11 Å². The van der Waals surface area contributed by atoms with Gasteiger partial charge in [-0.05, 0) is 30.2 Å². The molecule has 0 atom stereocenters. The number of hydrogen-bond acceptors (Lipinski definition) is 3. The molecule has 1 aromatic carbocycles. The highest BCUT2D eigenvalue weighted by Crippen LogP contribution is 2.32. The van der Waals surface area contributed by atoms with Gasteiger partial charge in [0.1, 0.15) is 17.1 Å². The van der Waals surface area contributed by atoms with E-state index < -0.39 is 0 Å². The predicted octanol–water partition coefficient (Wildman–Crippen LogP) is 3.54. The smallest absolute Gasteiger partial charge is 0.145 e. The summed E-state index contributed by atoms with van der Waals surface area (Å²) >= 11 is 3.53.